The van der Waals surface area contributed by atoms with Crippen LogP contribution in [0.25, 0.3) is 0 Å². The third-order valence-corrected chi connectivity index (χ3v) is 2.83. The Hall–Kier alpha value is -1.09. The molecule has 88 valence electrons. The first kappa shape index (κ1) is 13.0. The maximum atomic E-state index is 5.22. The fourth-order valence-electron chi connectivity index (χ4n) is 1.32. The first-order valence-corrected chi connectivity index (χ1v) is 6.23. The predicted molar refractivity (Wildman–Crippen MR) is 74.9 cm³/mol. The summed E-state index contributed by atoms with van der Waals surface area (Å²) in [6, 6.07) is 8.77. The van der Waals surface area contributed by atoms with Crippen molar-refractivity contribution in [2.75, 3.05) is 5.32 Å². The summed E-state index contributed by atoms with van der Waals surface area (Å²) in [5, 5.41) is 7.10. The Kier molecular flexibility index (Phi) is 5.26. The fraction of sp³-hybridized carbons (Fsp3) is 0.462. The summed E-state index contributed by atoms with van der Waals surface area (Å²) < 4.78 is 0. The second kappa shape index (κ2) is 6.48. The van der Waals surface area contributed by atoms with Gasteiger partial charge >= 0.3 is 0 Å². The van der Waals surface area contributed by atoms with Crippen molar-refractivity contribution < 1.29 is 0 Å². The molecular formula is C13H20N2S. The van der Waals surface area contributed by atoms with E-state index < -0.39 is 0 Å². The van der Waals surface area contributed by atoms with Crippen LogP contribution >= 0.6 is 12.2 Å². The van der Waals surface area contributed by atoms with E-state index in [4.69, 9.17) is 12.2 Å². The first-order valence-electron chi connectivity index (χ1n) is 5.82. The summed E-state index contributed by atoms with van der Waals surface area (Å²) in [6.07, 6.45) is 2.13. The quantitative estimate of drug-likeness (QED) is 0.784. The van der Waals surface area contributed by atoms with Gasteiger partial charge in [0, 0.05) is 11.7 Å². The maximum Gasteiger partial charge on any atom is 0.170 e. The number of hydrogen-bond donors (Lipinski definition) is 2. The van der Waals surface area contributed by atoms with Crippen molar-refractivity contribution in [3.63, 3.8) is 0 Å². The highest BCUT2D eigenvalue weighted by Crippen LogP contribution is 2.09. The lowest BCUT2D eigenvalue weighted by molar-refractivity contribution is 0.646. The summed E-state index contributed by atoms with van der Waals surface area (Å²) >= 11 is 5.22. The lowest BCUT2D eigenvalue weighted by Crippen LogP contribution is -2.35. The molecule has 1 aromatic rings. The van der Waals surface area contributed by atoms with Gasteiger partial charge in [0.25, 0.3) is 0 Å². The Balaban J connectivity index is 2.49. The standard InChI is InChI=1S/C13H20N2S/c1-4-10(3)14-13(16)15-12-8-6-11(5-2)7-9-12/h6-10H,4-5H2,1-3H3,(H2,14,15,16)/t10-/m1/s1. The normalized spacial score (nSPS) is 11.9. The maximum absolute atomic E-state index is 5.22. The number of anilines is 1. The van der Waals surface area contributed by atoms with Gasteiger partial charge in [0.05, 0.1) is 0 Å². The van der Waals surface area contributed by atoms with Crippen molar-refractivity contribution in [2.45, 2.75) is 39.7 Å². The highest BCUT2D eigenvalue weighted by atomic mass is 32.1. The Morgan fingerprint density at radius 2 is 1.88 bits per heavy atom. The van der Waals surface area contributed by atoms with Crippen LogP contribution in [0.1, 0.15) is 32.8 Å². The summed E-state index contributed by atoms with van der Waals surface area (Å²) in [5.74, 6) is 0. The van der Waals surface area contributed by atoms with Crippen LogP contribution in [-0.2, 0) is 6.42 Å². The molecule has 0 unspecified atom stereocenters. The molecule has 2 nitrogen and oxygen atoms in total. The van der Waals surface area contributed by atoms with Gasteiger partial charge < -0.3 is 10.6 Å². The molecule has 0 saturated heterocycles. The molecule has 0 saturated carbocycles. The molecule has 1 rings (SSSR count). The van der Waals surface area contributed by atoms with Crippen LogP contribution < -0.4 is 10.6 Å². The van der Waals surface area contributed by atoms with E-state index in [2.05, 4.69) is 55.7 Å². The molecule has 0 spiro atoms. The van der Waals surface area contributed by atoms with E-state index >= 15 is 0 Å². The molecule has 0 fully saturated rings. The van der Waals surface area contributed by atoms with E-state index in [1.165, 1.54) is 5.56 Å². The van der Waals surface area contributed by atoms with Crippen molar-refractivity contribution >= 4 is 23.0 Å². The van der Waals surface area contributed by atoms with E-state index in [0.29, 0.717) is 11.2 Å². The third-order valence-electron chi connectivity index (χ3n) is 2.61. The van der Waals surface area contributed by atoms with Gasteiger partial charge in [-0.25, -0.2) is 0 Å². The SMILES string of the molecule is CCc1ccc(NC(=S)N[C@H](C)CC)cc1. The Morgan fingerprint density at radius 1 is 1.25 bits per heavy atom. The van der Waals surface area contributed by atoms with Crippen molar-refractivity contribution in [2.24, 2.45) is 0 Å². The third kappa shape index (κ3) is 4.19. The fourth-order valence-corrected chi connectivity index (χ4v) is 1.64. The highest BCUT2D eigenvalue weighted by Gasteiger charge is 2.01. The molecule has 1 atom stereocenters. The van der Waals surface area contributed by atoms with Gasteiger partial charge in [0.1, 0.15) is 0 Å². The topological polar surface area (TPSA) is 24.1 Å². The molecule has 2 N–H and O–H groups in total. The molecule has 0 heterocycles. The second-order valence-corrected chi connectivity index (χ2v) is 4.37. The summed E-state index contributed by atoms with van der Waals surface area (Å²) in [6.45, 7) is 6.40. The van der Waals surface area contributed by atoms with Gasteiger partial charge in [0.15, 0.2) is 5.11 Å². The van der Waals surface area contributed by atoms with Gasteiger partial charge in [-0.1, -0.05) is 26.0 Å². The number of thiocarbonyl (C=S) groups is 1. The monoisotopic (exact) mass is 236 g/mol. The van der Waals surface area contributed by atoms with Gasteiger partial charge in [-0.3, -0.25) is 0 Å². The molecule has 0 aliphatic rings. The Morgan fingerprint density at radius 3 is 2.38 bits per heavy atom. The largest absolute Gasteiger partial charge is 0.360 e. The van der Waals surface area contributed by atoms with Crippen LogP contribution in [0.3, 0.4) is 0 Å². The summed E-state index contributed by atoms with van der Waals surface area (Å²) in [5.41, 5.74) is 2.38. The molecule has 0 amide bonds. The van der Waals surface area contributed by atoms with E-state index in [1.54, 1.807) is 0 Å². The predicted octanol–water partition coefficient (Wildman–Crippen LogP) is 3.33. The molecule has 16 heavy (non-hydrogen) atoms. The van der Waals surface area contributed by atoms with E-state index in [0.717, 1.165) is 18.5 Å². The lowest BCUT2D eigenvalue weighted by atomic mass is 10.1. The van der Waals surface area contributed by atoms with Crippen molar-refractivity contribution in [3.8, 4) is 0 Å². The van der Waals surface area contributed by atoms with Gasteiger partial charge in [0.2, 0.25) is 0 Å². The lowest BCUT2D eigenvalue weighted by Gasteiger charge is -2.15. The van der Waals surface area contributed by atoms with Crippen LogP contribution in [0.5, 0.6) is 0 Å². The van der Waals surface area contributed by atoms with Crippen LogP contribution in [0.15, 0.2) is 24.3 Å². The Bertz CT molecular complexity index is 332. The van der Waals surface area contributed by atoms with Crippen LogP contribution in [-0.4, -0.2) is 11.2 Å². The minimum Gasteiger partial charge on any atom is -0.360 e. The van der Waals surface area contributed by atoms with Crippen LogP contribution in [0, 0.1) is 0 Å². The second-order valence-electron chi connectivity index (χ2n) is 3.96. The summed E-state index contributed by atoms with van der Waals surface area (Å²) in [4.78, 5) is 0. The zero-order valence-electron chi connectivity index (χ0n) is 10.2. The molecular weight excluding hydrogens is 216 g/mol. The number of rotatable bonds is 4. The van der Waals surface area contributed by atoms with E-state index in [-0.39, 0.29) is 0 Å². The molecule has 0 radical (unpaired) electrons. The molecule has 0 bridgehead atoms. The number of benzene rings is 1. The minimum absolute atomic E-state index is 0.412. The Labute approximate surface area is 103 Å². The molecule has 1 aromatic carbocycles. The first-order chi connectivity index (χ1) is 7.65. The van der Waals surface area contributed by atoms with Crippen molar-refractivity contribution in [1.82, 2.24) is 5.32 Å². The smallest absolute Gasteiger partial charge is 0.170 e. The van der Waals surface area contributed by atoms with Crippen LogP contribution in [0.2, 0.25) is 0 Å². The van der Waals surface area contributed by atoms with Gasteiger partial charge in [-0.2, -0.15) is 0 Å². The van der Waals surface area contributed by atoms with E-state index in [1.807, 2.05) is 0 Å². The van der Waals surface area contributed by atoms with Crippen molar-refractivity contribution in [3.05, 3.63) is 29.8 Å². The molecule has 0 aliphatic heterocycles. The minimum atomic E-state index is 0.412. The average molecular weight is 236 g/mol. The molecule has 0 aromatic heterocycles. The molecule has 3 heteroatoms. The van der Waals surface area contributed by atoms with Crippen LogP contribution in [0.4, 0.5) is 5.69 Å². The van der Waals surface area contributed by atoms with Crippen molar-refractivity contribution in [1.29, 1.82) is 0 Å². The zero-order valence-corrected chi connectivity index (χ0v) is 11.0. The molecule has 0 aliphatic carbocycles. The van der Waals surface area contributed by atoms with E-state index in [9.17, 15) is 0 Å². The summed E-state index contributed by atoms with van der Waals surface area (Å²) in [7, 11) is 0. The number of aryl methyl sites for hydroxylation is 1. The zero-order chi connectivity index (χ0) is 12.0. The number of hydrogen-bond acceptors (Lipinski definition) is 1. The number of nitrogens with one attached hydrogen (secondary N) is 2. The van der Waals surface area contributed by atoms with Gasteiger partial charge in [-0.05, 0) is 49.7 Å². The average Bonchev–Trinajstić information content (AvgIpc) is 2.29. The highest BCUT2D eigenvalue weighted by molar-refractivity contribution is 7.80. The van der Waals surface area contributed by atoms with Gasteiger partial charge in [-0.15, -0.1) is 0 Å².